The topological polar surface area (TPSA) is 76.7 Å². The summed E-state index contributed by atoms with van der Waals surface area (Å²) in [6.07, 6.45) is 0. The van der Waals surface area contributed by atoms with Crippen molar-refractivity contribution in [3.8, 4) is 11.5 Å². The molecule has 0 atom stereocenters. The van der Waals surface area contributed by atoms with Gasteiger partial charge >= 0.3 is 0 Å². The molecule has 0 aliphatic carbocycles. The van der Waals surface area contributed by atoms with Crippen LogP contribution in [0.2, 0.25) is 0 Å². The van der Waals surface area contributed by atoms with Crippen molar-refractivity contribution in [1.82, 2.24) is 0 Å². The lowest BCUT2D eigenvalue weighted by molar-refractivity contribution is -0.118. The fourth-order valence-electron chi connectivity index (χ4n) is 2.66. The molecule has 0 radical (unpaired) electrons. The van der Waals surface area contributed by atoms with Gasteiger partial charge in [-0.25, -0.2) is 0 Å². The Balaban J connectivity index is 1.62. The Hall–Kier alpha value is -3.32. The van der Waals surface area contributed by atoms with Crippen LogP contribution >= 0.6 is 15.9 Å². The highest BCUT2D eigenvalue weighted by atomic mass is 79.9. The van der Waals surface area contributed by atoms with E-state index in [0.717, 1.165) is 10.2 Å². The lowest BCUT2D eigenvalue weighted by Crippen LogP contribution is -2.22. The smallest absolute Gasteiger partial charge is 0.262 e. The molecule has 7 heteroatoms. The standard InChI is InChI=1S/C23H21BrN2O4/c1-2-29-18-13-9-17(10-14-18)25-23(28)20-5-3-4-6-21(20)26-22(27)15-30-19-11-7-16(24)8-12-19/h3-14H,2,15H2,1H3,(H,25,28)(H,26,27). The summed E-state index contributed by atoms with van der Waals surface area (Å²) in [6.45, 7) is 2.31. The summed E-state index contributed by atoms with van der Waals surface area (Å²) >= 11 is 3.35. The molecule has 0 aliphatic heterocycles. The SMILES string of the molecule is CCOc1ccc(NC(=O)c2ccccc2NC(=O)COc2ccc(Br)cc2)cc1. The minimum atomic E-state index is -0.362. The summed E-state index contributed by atoms with van der Waals surface area (Å²) in [4.78, 5) is 25.0. The first kappa shape index (κ1) is 21.4. The summed E-state index contributed by atoms with van der Waals surface area (Å²) in [6, 6.07) is 21.1. The van der Waals surface area contributed by atoms with Crippen LogP contribution in [0.4, 0.5) is 11.4 Å². The van der Waals surface area contributed by atoms with Gasteiger partial charge in [0.05, 0.1) is 17.9 Å². The normalized spacial score (nSPS) is 10.2. The molecule has 0 heterocycles. The number of carbonyl (C=O) groups excluding carboxylic acids is 2. The van der Waals surface area contributed by atoms with Crippen molar-refractivity contribution in [2.45, 2.75) is 6.92 Å². The molecule has 6 nitrogen and oxygen atoms in total. The Morgan fingerprint density at radius 3 is 2.17 bits per heavy atom. The Morgan fingerprint density at radius 1 is 0.833 bits per heavy atom. The van der Waals surface area contributed by atoms with Gasteiger partial charge in [0.1, 0.15) is 11.5 Å². The van der Waals surface area contributed by atoms with Crippen molar-refractivity contribution in [2.24, 2.45) is 0 Å². The van der Waals surface area contributed by atoms with Gasteiger partial charge in [-0.1, -0.05) is 28.1 Å². The number of amides is 2. The van der Waals surface area contributed by atoms with Crippen molar-refractivity contribution in [3.05, 3.63) is 82.8 Å². The second-order valence-corrected chi connectivity index (χ2v) is 7.16. The van der Waals surface area contributed by atoms with E-state index in [4.69, 9.17) is 9.47 Å². The monoisotopic (exact) mass is 468 g/mol. The first-order valence-corrected chi connectivity index (χ1v) is 10.2. The average molecular weight is 469 g/mol. The molecular weight excluding hydrogens is 448 g/mol. The number of para-hydroxylation sites is 1. The third-order valence-corrected chi connectivity index (χ3v) is 4.58. The van der Waals surface area contributed by atoms with Crippen molar-refractivity contribution in [1.29, 1.82) is 0 Å². The van der Waals surface area contributed by atoms with Gasteiger partial charge in [0.15, 0.2) is 6.61 Å². The van der Waals surface area contributed by atoms with E-state index in [2.05, 4.69) is 26.6 Å². The average Bonchev–Trinajstić information content (AvgIpc) is 2.75. The highest BCUT2D eigenvalue weighted by Crippen LogP contribution is 2.20. The molecule has 0 spiro atoms. The minimum absolute atomic E-state index is 0.170. The molecule has 2 N–H and O–H groups in total. The molecule has 30 heavy (non-hydrogen) atoms. The maximum Gasteiger partial charge on any atom is 0.262 e. The van der Waals surface area contributed by atoms with Crippen LogP contribution in [-0.2, 0) is 4.79 Å². The van der Waals surface area contributed by atoms with Crippen molar-refractivity contribution >= 4 is 39.1 Å². The van der Waals surface area contributed by atoms with Gasteiger partial charge in [-0.2, -0.15) is 0 Å². The van der Waals surface area contributed by atoms with Gasteiger partial charge in [0, 0.05) is 10.2 Å². The van der Waals surface area contributed by atoms with E-state index in [-0.39, 0.29) is 18.4 Å². The summed E-state index contributed by atoms with van der Waals surface area (Å²) in [5, 5.41) is 5.55. The lowest BCUT2D eigenvalue weighted by atomic mass is 10.1. The summed E-state index contributed by atoms with van der Waals surface area (Å²) in [5.41, 5.74) is 1.39. The number of rotatable bonds is 8. The zero-order valence-electron chi connectivity index (χ0n) is 16.4. The van der Waals surface area contributed by atoms with Crippen molar-refractivity contribution < 1.29 is 19.1 Å². The van der Waals surface area contributed by atoms with Crippen LogP contribution in [0.15, 0.2) is 77.3 Å². The van der Waals surface area contributed by atoms with Crippen LogP contribution in [-0.4, -0.2) is 25.0 Å². The van der Waals surface area contributed by atoms with E-state index in [9.17, 15) is 9.59 Å². The number of hydrogen-bond acceptors (Lipinski definition) is 4. The molecule has 0 aromatic heterocycles. The first-order valence-electron chi connectivity index (χ1n) is 9.36. The predicted molar refractivity (Wildman–Crippen MR) is 120 cm³/mol. The van der Waals surface area contributed by atoms with E-state index in [1.165, 1.54) is 0 Å². The number of halogens is 1. The summed E-state index contributed by atoms with van der Waals surface area (Å²) in [5.74, 6) is 0.618. The fraction of sp³-hybridized carbons (Fsp3) is 0.130. The molecule has 2 amide bonds. The number of anilines is 2. The molecule has 3 aromatic rings. The number of carbonyl (C=O) groups is 2. The second-order valence-electron chi connectivity index (χ2n) is 6.25. The van der Waals surface area contributed by atoms with E-state index < -0.39 is 0 Å². The lowest BCUT2D eigenvalue weighted by Gasteiger charge is -2.12. The number of nitrogens with one attached hydrogen (secondary N) is 2. The second kappa shape index (κ2) is 10.5. The molecular formula is C23H21BrN2O4. The molecule has 0 unspecified atom stereocenters. The van der Waals surface area contributed by atoms with Crippen LogP contribution in [0.5, 0.6) is 11.5 Å². The Bertz CT molecular complexity index is 1000. The van der Waals surface area contributed by atoms with Gasteiger partial charge in [0.2, 0.25) is 0 Å². The molecule has 0 saturated heterocycles. The molecule has 0 fully saturated rings. The third-order valence-electron chi connectivity index (χ3n) is 4.05. The Labute approximate surface area is 183 Å². The molecule has 3 aromatic carbocycles. The Morgan fingerprint density at radius 2 is 1.47 bits per heavy atom. The molecule has 0 aliphatic rings. The first-order chi connectivity index (χ1) is 14.5. The Kier molecular flexibility index (Phi) is 7.45. The van der Waals surface area contributed by atoms with Gasteiger partial charge in [-0.15, -0.1) is 0 Å². The van der Waals surface area contributed by atoms with Gasteiger partial charge in [-0.05, 0) is 67.6 Å². The van der Waals surface area contributed by atoms with Crippen LogP contribution in [0.3, 0.4) is 0 Å². The highest BCUT2D eigenvalue weighted by molar-refractivity contribution is 9.10. The maximum absolute atomic E-state index is 12.7. The van der Waals surface area contributed by atoms with Gasteiger partial charge in [0.25, 0.3) is 11.8 Å². The van der Waals surface area contributed by atoms with Crippen molar-refractivity contribution in [3.63, 3.8) is 0 Å². The highest BCUT2D eigenvalue weighted by Gasteiger charge is 2.14. The van der Waals surface area contributed by atoms with Crippen LogP contribution in [0, 0.1) is 0 Å². The van der Waals surface area contributed by atoms with E-state index in [1.54, 1.807) is 60.7 Å². The van der Waals surface area contributed by atoms with Gasteiger partial charge < -0.3 is 20.1 Å². The molecule has 0 saturated carbocycles. The van der Waals surface area contributed by atoms with Crippen LogP contribution in [0.25, 0.3) is 0 Å². The third kappa shape index (κ3) is 6.09. The number of hydrogen-bond donors (Lipinski definition) is 2. The quantitative estimate of drug-likeness (QED) is 0.481. The molecule has 3 rings (SSSR count). The number of ether oxygens (including phenoxy) is 2. The maximum atomic E-state index is 12.7. The minimum Gasteiger partial charge on any atom is -0.494 e. The van der Waals surface area contributed by atoms with Crippen LogP contribution < -0.4 is 20.1 Å². The number of benzene rings is 3. The predicted octanol–water partition coefficient (Wildman–Crippen LogP) is 5.12. The summed E-state index contributed by atoms with van der Waals surface area (Å²) in [7, 11) is 0. The molecule has 154 valence electrons. The van der Waals surface area contributed by atoms with E-state index in [0.29, 0.717) is 29.3 Å². The molecule has 0 bridgehead atoms. The van der Waals surface area contributed by atoms with E-state index in [1.807, 2.05) is 19.1 Å². The van der Waals surface area contributed by atoms with Crippen LogP contribution in [0.1, 0.15) is 17.3 Å². The zero-order chi connectivity index (χ0) is 21.3. The zero-order valence-corrected chi connectivity index (χ0v) is 17.9. The van der Waals surface area contributed by atoms with Crippen molar-refractivity contribution in [2.75, 3.05) is 23.8 Å². The fourth-order valence-corrected chi connectivity index (χ4v) is 2.92. The largest absolute Gasteiger partial charge is 0.494 e. The van der Waals surface area contributed by atoms with E-state index >= 15 is 0 Å². The van der Waals surface area contributed by atoms with Gasteiger partial charge in [-0.3, -0.25) is 9.59 Å². The summed E-state index contributed by atoms with van der Waals surface area (Å²) < 4.78 is 11.8.